The van der Waals surface area contributed by atoms with Gasteiger partial charge in [0.25, 0.3) is 0 Å². The standard InChI is InChI=1S/C27H22ClNO2/c1-2-20-15-23(17-24(28)16-20)25-13-14-26(30-18-21-9-5-3-6-10-21)29-27(25)31-19-22-11-7-4-8-12-22/h2-17H,1,18-19H2. The van der Waals surface area contributed by atoms with Crippen molar-refractivity contribution in [1.82, 2.24) is 4.98 Å². The van der Waals surface area contributed by atoms with E-state index in [9.17, 15) is 0 Å². The highest BCUT2D eigenvalue weighted by Crippen LogP contribution is 2.33. The number of hydrogen-bond acceptors (Lipinski definition) is 3. The summed E-state index contributed by atoms with van der Waals surface area (Å²) in [6.45, 7) is 4.68. The molecule has 0 aliphatic rings. The van der Waals surface area contributed by atoms with Gasteiger partial charge >= 0.3 is 0 Å². The third-order valence-electron chi connectivity index (χ3n) is 4.75. The number of hydrogen-bond donors (Lipinski definition) is 0. The van der Waals surface area contributed by atoms with Crippen LogP contribution in [0.5, 0.6) is 11.8 Å². The number of ether oxygens (including phenoxy) is 2. The zero-order chi connectivity index (χ0) is 21.5. The van der Waals surface area contributed by atoms with Gasteiger partial charge in [0, 0.05) is 16.7 Å². The van der Waals surface area contributed by atoms with E-state index in [0.717, 1.165) is 27.8 Å². The van der Waals surface area contributed by atoms with Crippen LogP contribution < -0.4 is 9.47 Å². The van der Waals surface area contributed by atoms with Gasteiger partial charge in [0.05, 0.1) is 0 Å². The Hall–Kier alpha value is -3.56. The summed E-state index contributed by atoms with van der Waals surface area (Å²) in [7, 11) is 0. The van der Waals surface area contributed by atoms with Gasteiger partial charge in [-0.25, -0.2) is 0 Å². The molecule has 154 valence electrons. The van der Waals surface area contributed by atoms with Gasteiger partial charge in [-0.05, 0) is 46.5 Å². The van der Waals surface area contributed by atoms with Gasteiger partial charge in [-0.3, -0.25) is 0 Å². The SMILES string of the molecule is C=Cc1cc(Cl)cc(-c2ccc(OCc3ccccc3)nc2OCc2ccccc2)c1. The number of aromatic nitrogens is 1. The maximum atomic E-state index is 6.32. The second-order valence-electron chi connectivity index (χ2n) is 7.03. The first-order valence-corrected chi connectivity index (χ1v) is 10.4. The Balaban J connectivity index is 1.64. The van der Waals surface area contributed by atoms with Crippen molar-refractivity contribution < 1.29 is 9.47 Å². The van der Waals surface area contributed by atoms with Crippen molar-refractivity contribution in [2.75, 3.05) is 0 Å². The van der Waals surface area contributed by atoms with Crippen LogP contribution in [0.1, 0.15) is 16.7 Å². The van der Waals surface area contributed by atoms with Crippen LogP contribution in [0.3, 0.4) is 0 Å². The summed E-state index contributed by atoms with van der Waals surface area (Å²) in [5.74, 6) is 0.994. The lowest BCUT2D eigenvalue weighted by molar-refractivity contribution is 0.268. The predicted molar refractivity (Wildman–Crippen MR) is 126 cm³/mol. The molecule has 3 aromatic carbocycles. The van der Waals surface area contributed by atoms with E-state index in [1.54, 1.807) is 6.08 Å². The molecule has 0 N–H and O–H groups in total. The summed E-state index contributed by atoms with van der Waals surface area (Å²) in [6, 6.07) is 29.5. The van der Waals surface area contributed by atoms with E-state index in [0.29, 0.717) is 30.0 Å². The molecule has 4 heteroatoms. The van der Waals surface area contributed by atoms with Crippen LogP contribution in [0.4, 0.5) is 0 Å². The molecule has 1 aromatic heterocycles. The van der Waals surface area contributed by atoms with Crippen molar-refractivity contribution in [2.24, 2.45) is 0 Å². The van der Waals surface area contributed by atoms with E-state index in [1.165, 1.54) is 0 Å². The average molecular weight is 428 g/mol. The summed E-state index contributed by atoms with van der Waals surface area (Å²) in [4.78, 5) is 4.65. The highest BCUT2D eigenvalue weighted by atomic mass is 35.5. The lowest BCUT2D eigenvalue weighted by Gasteiger charge is -2.14. The molecule has 0 spiro atoms. The molecule has 0 aliphatic carbocycles. The predicted octanol–water partition coefficient (Wildman–Crippen LogP) is 7.20. The normalized spacial score (nSPS) is 10.5. The molecule has 0 radical (unpaired) electrons. The highest BCUT2D eigenvalue weighted by molar-refractivity contribution is 6.31. The minimum atomic E-state index is 0.401. The first-order chi connectivity index (χ1) is 15.2. The van der Waals surface area contributed by atoms with E-state index in [4.69, 9.17) is 21.1 Å². The van der Waals surface area contributed by atoms with Crippen LogP contribution in [0.15, 0.2) is 97.6 Å². The van der Waals surface area contributed by atoms with E-state index in [-0.39, 0.29) is 0 Å². The molecule has 1 heterocycles. The van der Waals surface area contributed by atoms with Gasteiger partial charge in [0.15, 0.2) is 0 Å². The zero-order valence-electron chi connectivity index (χ0n) is 17.0. The Labute approximate surface area is 187 Å². The largest absolute Gasteiger partial charge is 0.473 e. The van der Waals surface area contributed by atoms with Gasteiger partial charge in [0.1, 0.15) is 13.2 Å². The molecule has 4 aromatic rings. The lowest BCUT2D eigenvalue weighted by atomic mass is 10.0. The summed E-state index contributed by atoms with van der Waals surface area (Å²) in [5, 5.41) is 0.630. The summed E-state index contributed by atoms with van der Waals surface area (Å²) >= 11 is 6.32. The van der Waals surface area contributed by atoms with Crippen molar-refractivity contribution in [3.05, 3.63) is 119 Å². The van der Waals surface area contributed by atoms with Crippen molar-refractivity contribution in [3.8, 4) is 22.9 Å². The van der Waals surface area contributed by atoms with E-state index in [2.05, 4.69) is 11.6 Å². The first kappa shape index (κ1) is 20.7. The maximum absolute atomic E-state index is 6.32. The average Bonchev–Trinajstić information content (AvgIpc) is 2.82. The molecule has 0 fully saturated rings. The second-order valence-corrected chi connectivity index (χ2v) is 7.46. The van der Waals surface area contributed by atoms with Crippen molar-refractivity contribution in [3.63, 3.8) is 0 Å². The van der Waals surface area contributed by atoms with Crippen molar-refractivity contribution in [2.45, 2.75) is 13.2 Å². The maximum Gasteiger partial charge on any atom is 0.225 e. The fourth-order valence-corrected chi connectivity index (χ4v) is 3.42. The van der Waals surface area contributed by atoms with Crippen LogP contribution in [0.25, 0.3) is 17.2 Å². The van der Waals surface area contributed by atoms with Crippen LogP contribution in [-0.4, -0.2) is 4.98 Å². The fraction of sp³-hybridized carbons (Fsp3) is 0.0741. The topological polar surface area (TPSA) is 31.4 Å². The second kappa shape index (κ2) is 9.96. The Morgan fingerprint density at radius 1 is 0.774 bits per heavy atom. The lowest BCUT2D eigenvalue weighted by Crippen LogP contribution is -2.02. The van der Waals surface area contributed by atoms with E-state index < -0.39 is 0 Å². The minimum absolute atomic E-state index is 0.401. The highest BCUT2D eigenvalue weighted by Gasteiger charge is 2.13. The van der Waals surface area contributed by atoms with Crippen LogP contribution >= 0.6 is 11.6 Å². The van der Waals surface area contributed by atoms with Crippen LogP contribution in [-0.2, 0) is 13.2 Å². The molecule has 0 aliphatic heterocycles. The number of pyridine rings is 1. The number of rotatable bonds is 8. The molecule has 4 rings (SSSR count). The fourth-order valence-electron chi connectivity index (χ4n) is 3.18. The number of benzene rings is 3. The van der Waals surface area contributed by atoms with Gasteiger partial charge in [-0.2, -0.15) is 4.98 Å². The van der Waals surface area contributed by atoms with Gasteiger partial charge in [-0.1, -0.05) is 84.9 Å². The molecule has 0 saturated carbocycles. The minimum Gasteiger partial charge on any atom is -0.473 e. The summed E-state index contributed by atoms with van der Waals surface area (Å²) < 4.78 is 12.0. The van der Waals surface area contributed by atoms with E-state index >= 15 is 0 Å². The molecule has 31 heavy (non-hydrogen) atoms. The molecule has 3 nitrogen and oxygen atoms in total. The zero-order valence-corrected chi connectivity index (χ0v) is 17.8. The third kappa shape index (κ3) is 5.53. The monoisotopic (exact) mass is 427 g/mol. The summed E-state index contributed by atoms with van der Waals surface area (Å²) in [5.41, 5.74) is 4.82. The van der Waals surface area contributed by atoms with Gasteiger partial charge in [-0.15, -0.1) is 0 Å². The number of halogens is 1. The number of nitrogens with zero attached hydrogens (tertiary/aromatic N) is 1. The molecule has 0 bridgehead atoms. The first-order valence-electron chi connectivity index (χ1n) is 9.99. The molecule has 0 unspecified atom stereocenters. The molecule has 0 amide bonds. The van der Waals surface area contributed by atoms with Gasteiger partial charge < -0.3 is 9.47 Å². The van der Waals surface area contributed by atoms with Crippen LogP contribution in [0.2, 0.25) is 5.02 Å². The summed E-state index contributed by atoms with van der Waals surface area (Å²) in [6.07, 6.45) is 1.77. The Morgan fingerprint density at radius 3 is 2.06 bits per heavy atom. The quantitative estimate of drug-likeness (QED) is 0.298. The Kier molecular flexibility index (Phi) is 6.65. The van der Waals surface area contributed by atoms with Crippen molar-refractivity contribution in [1.29, 1.82) is 0 Å². The third-order valence-corrected chi connectivity index (χ3v) is 4.97. The Bertz CT molecular complexity index is 1160. The van der Waals surface area contributed by atoms with Gasteiger partial charge in [0.2, 0.25) is 11.8 Å². The van der Waals surface area contributed by atoms with Crippen LogP contribution in [0, 0.1) is 0 Å². The molecule has 0 saturated heterocycles. The smallest absolute Gasteiger partial charge is 0.225 e. The van der Waals surface area contributed by atoms with E-state index in [1.807, 2.05) is 91.0 Å². The van der Waals surface area contributed by atoms with Crippen molar-refractivity contribution >= 4 is 17.7 Å². The Morgan fingerprint density at radius 2 is 1.42 bits per heavy atom. The molecule has 0 atom stereocenters. The molecular formula is C27H22ClNO2. The molecular weight excluding hydrogens is 406 g/mol.